The van der Waals surface area contributed by atoms with E-state index in [1.165, 1.54) is 0 Å². The summed E-state index contributed by atoms with van der Waals surface area (Å²) in [6.07, 6.45) is 6.60. The molecule has 0 radical (unpaired) electrons. The first-order chi connectivity index (χ1) is 14.7. The van der Waals surface area contributed by atoms with Gasteiger partial charge in [-0.2, -0.15) is 5.10 Å². The molecule has 2 aromatic heterocycles. The van der Waals surface area contributed by atoms with Crippen LogP contribution in [0.5, 0.6) is 5.75 Å². The highest BCUT2D eigenvalue weighted by Gasteiger charge is 2.09. The molecule has 4 rings (SSSR count). The highest BCUT2D eigenvalue weighted by molar-refractivity contribution is 6.31. The van der Waals surface area contributed by atoms with Crippen LogP contribution in [0, 0.1) is 0 Å². The maximum absolute atomic E-state index is 6.20. The van der Waals surface area contributed by atoms with Crippen LogP contribution in [0.25, 0.3) is 22.0 Å². The molecule has 1 N–H and O–H groups in total. The SMILES string of the molecule is COCCCn1cc(-c2cc(Nc3ccnc4ccc(Cl)cc34)cc(OC)c2)cn1. The molecule has 0 saturated heterocycles. The highest BCUT2D eigenvalue weighted by atomic mass is 35.5. The second kappa shape index (κ2) is 9.15. The monoisotopic (exact) mass is 422 g/mol. The van der Waals surface area contributed by atoms with E-state index in [2.05, 4.69) is 21.5 Å². The van der Waals surface area contributed by atoms with Gasteiger partial charge in [-0.15, -0.1) is 0 Å². The number of anilines is 2. The molecule has 0 fully saturated rings. The van der Waals surface area contributed by atoms with E-state index in [0.717, 1.165) is 52.1 Å². The molecule has 2 aromatic carbocycles. The molecule has 0 aliphatic carbocycles. The van der Waals surface area contributed by atoms with Gasteiger partial charge in [0.25, 0.3) is 0 Å². The summed E-state index contributed by atoms with van der Waals surface area (Å²) in [5.41, 5.74) is 4.76. The van der Waals surface area contributed by atoms with Gasteiger partial charge in [0.15, 0.2) is 0 Å². The fourth-order valence-corrected chi connectivity index (χ4v) is 3.52. The van der Waals surface area contributed by atoms with Gasteiger partial charge in [0.1, 0.15) is 5.75 Å². The molecule has 154 valence electrons. The van der Waals surface area contributed by atoms with Gasteiger partial charge >= 0.3 is 0 Å². The molecule has 0 unspecified atom stereocenters. The summed E-state index contributed by atoms with van der Waals surface area (Å²) in [7, 11) is 3.37. The zero-order valence-corrected chi connectivity index (χ0v) is 17.7. The molecule has 7 heteroatoms. The predicted octanol–water partition coefficient (Wildman–Crippen LogP) is 5.54. The summed E-state index contributed by atoms with van der Waals surface area (Å²) < 4.78 is 12.6. The number of rotatable bonds is 8. The number of hydrogen-bond donors (Lipinski definition) is 1. The minimum Gasteiger partial charge on any atom is -0.497 e. The summed E-state index contributed by atoms with van der Waals surface area (Å²) in [5.74, 6) is 0.763. The quantitative estimate of drug-likeness (QED) is 0.378. The van der Waals surface area contributed by atoms with Crippen LogP contribution >= 0.6 is 11.6 Å². The number of fused-ring (bicyclic) bond motifs is 1. The third-order valence-corrected chi connectivity index (χ3v) is 5.06. The standard InChI is InChI=1S/C23H23ClN4O2/c1-29-9-3-8-28-15-17(14-26-28)16-10-19(13-20(11-16)30-2)27-23-6-7-25-22-5-4-18(24)12-21(22)23/h4-7,10-15H,3,8-9H2,1-2H3,(H,25,27). The topological polar surface area (TPSA) is 61.2 Å². The van der Waals surface area contributed by atoms with Crippen molar-refractivity contribution in [1.29, 1.82) is 0 Å². The molecule has 0 atom stereocenters. The van der Waals surface area contributed by atoms with Crippen LogP contribution in [-0.4, -0.2) is 35.6 Å². The lowest BCUT2D eigenvalue weighted by Crippen LogP contribution is -2.01. The zero-order chi connectivity index (χ0) is 20.9. The Morgan fingerprint density at radius 3 is 2.80 bits per heavy atom. The van der Waals surface area contributed by atoms with E-state index < -0.39 is 0 Å². The summed E-state index contributed by atoms with van der Waals surface area (Å²) in [6.45, 7) is 1.53. The van der Waals surface area contributed by atoms with Crippen molar-refractivity contribution in [2.24, 2.45) is 0 Å². The van der Waals surface area contributed by atoms with Crippen LogP contribution in [-0.2, 0) is 11.3 Å². The van der Waals surface area contributed by atoms with Crippen LogP contribution in [0.2, 0.25) is 5.02 Å². The lowest BCUT2D eigenvalue weighted by atomic mass is 10.1. The number of aromatic nitrogens is 3. The molecule has 0 amide bonds. The van der Waals surface area contributed by atoms with Gasteiger partial charge in [0, 0.05) is 66.1 Å². The highest BCUT2D eigenvalue weighted by Crippen LogP contribution is 2.32. The van der Waals surface area contributed by atoms with Crippen molar-refractivity contribution in [3.63, 3.8) is 0 Å². The normalized spacial score (nSPS) is 11.0. The van der Waals surface area contributed by atoms with Crippen molar-refractivity contribution in [3.8, 4) is 16.9 Å². The molecular formula is C23H23ClN4O2. The molecule has 0 bridgehead atoms. The summed E-state index contributed by atoms with van der Waals surface area (Å²) in [6, 6.07) is 13.7. The molecular weight excluding hydrogens is 400 g/mol. The van der Waals surface area contributed by atoms with Crippen molar-refractivity contribution in [2.45, 2.75) is 13.0 Å². The number of halogens is 1. The van der Waals surface area contributed by atoms with Gasteiger partial charge in [0.2, 0.25) is 0 Å². The van der Waals surface area contributed by atoms with E-state index in [4.69, 9.17) is 21.1 Å². The molecule has 0 saturated carbocycles. The lowest BCUT2D eigenvalue weighted by molar-refractivity contribution is 0.189. The van der Waals surface area contributed by atoms with Crippen LogP contribution in [0.4, 0.5) is 11.4 Å². The van der Waals surface area contributed by atoms with E-state index in [-0.39, 0.29) is 0 Å². The number of aryl methyl sites for hydroxylation is 1. The fourth-order valence-electron chi connectivity index (χ4n) is 3.34. The average molecular weight is 423 g/mol. The Morgan fingerprint density at radius 1 is 1.07 bits per heavy atom. The van der Waals surface area contributed by atoms with E-state index in [1.807, 2.05) is 53.5 Å². The third kappa shape index (κ3) is 4.56. The van der Waals surface area contributed by atoms with E-state index in [9.17, 15) is 0 Å². The first kappa shape index (κ1) is 20.2. The lowest BCUT2D eigenvalue weighted by Gasteiger charge is -2.13. The van der Waals surface area contributed by atoms with Crippen molar-refractivity contribution in [2.75, 3.05) is 26.1 Å². The molecule has 4 aromatic rings. The van der Waals surface area contributed by atoms with Gasteiger partial charge in [-0.05, 0) is 48.4 Å². The van der Waals surface area contributed by atoms with Gasteiger partial charge in [-0.3, -0.25) is 9.67 Å². The first-order valence-corrected chi connectivity index (χ1v) is 10.1. The smallest absolute Gasteiger partial charge is 0.121 e. The molecule has 30 heavy (non-hydrogen) atoms. The Kier molecular flexibility index (Phi) is 6.16. The Bertz CT molecular complexity index is 1160. The largest absolute Gasteiger partial charge is 0.497 e. The van der Waals surface area contributed by atoms with Crippen molar-refractivity contribution in [3.05, 3.63) is 66.1 Å². The van der Waals surface area contributed by atoms with Crippen LogP contribution in [0.15, 0.2) is 61.1 Å². The first-order valence-electron chi connectivity index (χ1n) is 9.68. The maximum Gasteiger partial charge on any atom is 0.121 e. The van der Waals surface area contributed by atoms with Crippen LogP contribution in [0.1, 0.15) is 6.42 Å². The summed E-state index contributed by atoms with van der Waals surface area (Å²) in [4.78, 5) is 4.41. The zero-order valence-electron chi connectivity index (χ0n) is 16.9. The van der Waals surface area contributed by atoms with Gasteiger partial charge < -0.3 is 14.8 Å². The van der Waals surface area contributed by atoms with Crippen LogP contribution < -0.4 is 10.1 Å². The number of nitrogens with zero attached hydrogens (tertiary/aromatic N) is 3. The second-order valence-corrected chi connectivity index (χ2v) is 7.37. The second-order valence-electron chi connectivity index (χ2n) is 6.93. The van der Waals surface area contributed by atoms with Gasteiger partial charge in [-0.1, -0.05) is 11.6 Å². The number of hydrogen-bond acceptors (Lipinski definition) is 5. The molecule has 0 spiro atoms. The van der Waals surface area contributed by atoms with E-state index in [0.29, 0.717) is 11.6 Å². The van der Waals surface area contributed by atoms with Crippen molar-refractivity contribution < 1.29 is 9.47 Å². The number of ether oxygens (including phenoxy) is 2. The summed E-state index contributed by atoms with van der Waals surface area (Å²) >= 11 is 6.20. The Morgan fingerprint density at radius 2 is 1.97 bits per heavy atom. The number of nitrogens with one attached hydrogen (secondary N) is 1. The molecule has 2 heterocycles. The Labute approximate surface area is 180 Å². The number of methoxy groups -OCH3 is 2. The Hall–Kier alpha value is -3.09. The van der Waals surface area contributed by atoms with Crippen LogP contribution in [0.3, 0.4) is 0 Å². The molecule has 0 aliphatic heterocycles. The van der Waals surface area contributed by atoms with Crippen molar-refractivity contribution >= 4 is 33.9 Å². The predicted molar refractivity (Wildman–Crippen MR) is 121 cm³/mol. The number of pyridine rings is 1. The maximum atomic E-state index is 6.20. The fraction of sp³-hybridized carbons (Fsp3) is 0.217. The van der Waals surface area contributed by atoms with Gasteiger partial charge in [-0.25, -0.2) is 0 Å². The Balaban J connectivity index is 1.65. The minimum atomic E-state index is 0.672. The number of benzene rings is 2. The van der Waals surface area contributed by atoms with E-state index in [1.54, 1.807) is 20.4 Å². The molecule has 6 nitrogen and oxygen atoms in total. The third-order valence-electron chi connectivity index (χ3n) is 4.83. The summed E-state index contributed by atoms with van der Waals surface area (Å²) in [5, 5.41) is 9.58. The molecule has 0 aliphatic rings. The van der Waals surface area contributed by atoms with Crippen molar-refractivity contribution in [1.82, 2.24) is 14.8 Å². The average Bonchev–Trinajstić information content (AvgIpc) is 3.23. The minimum absolute atomic E-state index is 0.672. The van der Waals surface area contributed by atoms with Gasteiger partial charge in [0.05, 0.1) is 18.8 Å². The van der Waals surface area contributed by atoms with E-state index >= 15 is 0 Å².